The maximum absolute atomic E-state index is 11.8. The molecule has 2 aliphatic rings. The van der Waals surface area contributed by atoms with Crippen molar-refractivity contribution in [1.29, 1.82) is 0 Å². The standard InChI is InChI=1S/C11H18N2O3/c1-2-3-4-16-11(15)13-8-5-7(8)6-9(13)10(12)14/h7-9H,2-6H2,1H3,(H2,12,14). The van der Waals surface area contributed by atoms with E-state index in [-0.39, 0.29) is 12.1 Å². The van der Waals surface area contributed by atoms with E-state index in [4.69, 9.17) is 10.5 Å². The molecule has 0 spiro atoms. The van der Waals surface area contributed by atoms with Crippen LogP contribution in [0.5, 0.6) is 0 Å². The number of carbonyl (C=O) groups is 2. The number of amides is 2. The maximum atomic E-state index is 11.8. The van der Waals surface area contributed by atoms with Crippen LogP contribution in [-0.2, 0) is 9.53 Å². The molecule has 3 atom stereocenters. The van der Waals surface area contributed by atoms with Crippen LogP contribution in [0.1, 0.15) is 32.6 Å². The summed E-state index contributed by atoms with van der Waals surface area (Å²) < 4.78 is 5.12. The number of piperidine rings is 1. The Balaban J connectivity index is 1.90. The molecule has 5 nitrogen and oxygen atoms in total. The lowest BCUT2D eigenvalue weighted by molar-refractivity contribution is -0.122. The number of carbonyl (C=O) groups excluding carboxylic acids is 2. The molecule has 0 aromatic heterocycles. The highest BCUT2D eigenvalue weighted by atomic mass is 16.6. The second-order valence-electron chi connectivity index (χ2n) is 4.59. The number of primary amides is 1. The number of hydrogen-bond acceptors (Lipinski definition) is 3. The average molecular weight is 226 g/mol. The first-order chi connectivity index (χ1) is 7.65. The molecule has 1 aliphatic carbocycles. The number of hydrogen-bond donors (Lipinski definition) is 1. The van der Waals surface area contributed by atoms with Gasteiger partial charge >= 0.3 is 6.09 Å². The van der Waals surface area contributed by atoms with Crippen LogP contribution < -0.4 is 5.73 Å². The Kier molecular flexibility index (Phi) is 3.03. The van der Waals surface area contributed by atoms with Crippen LogP contribution >= 0.6 is 0 Å². The van der Waals surface area contributed by atoms with Crippen molar-refractivity contribution in [2.24, 2.45) is 11.7 Å². The molecule has 3 unspecified atom stereocenters. The van der Waals surface area contributed by atoms with Crippen LogP contribution in [0.15, 0.2) is 0 Å². The number of rotatable bonds is 4. The zero-order chi connectivity index (χ0) is 11.7. The molecular weight excluding hydrogens is 208 g/mol. The summed E-state index contributed by atoms with van der Waals surface area (Å²) in [7, 11) is 0. The first kappa shape index (κ1) is 11.2. The van der Waals surface area contributed by atoms with E-state index in [1.54, 1.807) is 4.90 Å². The molecule has 0 radical (unpaired) electrons. The van der Waals surface area contributed by atoms with Crippen LogP contribution in [0.25, 0.3) is 0 Å². The van der Waals surface area contributed by atoms with E-state index in [0.29, 0.717) is 18.9 Å². The van der Waals surface area contributed by atoms with E-state index < -0.39 is 11.9 Å². The Morgan fingerprint density at radius 1 is 1.44 bits per heavy atom. The minimum absolute atomic E-state index is 0.201. The first-order valence-electron chi connectivity index (χ1n) is 5.89. The number of unbranched alkanes of at least 4 members (excludes halogenated alkanes) is 1. The smallest absolute Gasteiger partial charge is 0.410 e. The largest absolute Gasteiger partial charge is 0.449 e. The Morgan fingerprint density at radius 2 is 2.19 bits per heavy atom. The summed E-state index contributed by atoms with van der Waals surface area (Å²) in [6.45, 7) is 2.46. The van der Waals surface area contributed by atoms with Gasteiger partial charge in [-0.3, -0.25) is 9.69 Å². The van der Waals surface area contributed by atoms with Crippen molar-refractivity contribution in [3.63, 3.8) is 0 Å². The van der Waals surface area contributed by atoms with Crippen molar-refractivity contribution in [2.45, 2.75) is 44.7 Å². The van der Waals surface area contributed by atoms with Crippen LogP contribution in [0.4, 0.5) is 4.79 Å². The van der Waals surface area contributed by atoms with E-state index >= 15 is 0 Å². The number of likely N-dealkylation sites (tertiary alicyclic amines) is 1. The van der Waals surface area contributed by atoms with Gasteiger partial charge in [0.25, 0.3) is 0 Å². The summed E-state index contributed by atoms with van der Waals surface area (Å²) in [6, 6.07) is -0.246. The molecule has 2 fully saturated rings. The van der Waals surface area contributed by atoms with Crippen LogP contribution in [-0.4, -0.2) is 35.6 Å². The number of fused-ring (bicyclic) bond motifs is 1. The van der Waals surface area contributed by atoms with E-state index in [1.807, 2.05) is 6.92 Å². The van der Waals surface area contributed by atoms with Gasteiger partial charge in [-0.05, 0) is 25.2 Å². The summed E-state index contributed by atoms with van der Waals surface area (Å²) >= 11 is 0. The van der Waals surface area contributed by atoms with E-state index in [9.17, 15) is 9.59 Å². The van der Waals surface area contributed by atoms with Crippen molar-refractivity contribution in [2.75, 3.05) is 6.61 Å². The van der Waals surface area contributed by atoms with Gasteiger partial charge in [0.2, 0.25) is 5.91 Å². The molecule has 1 saturated carbocycles. The quantitative estimate of drug-likeness (QED) is 0.723. The first-order valence-corrected chi connectivity index (χ1v) is 5.89. The van der Waals surface area contributed by atoms with Gasteiger partial charge in [0, 0.05) is 6.04 Å². The van der Waals surface area contributed by atoms with Gasteiger partial charge in [-0.1, -0.05) is 13.3 Å². The van der Waals surface area contributed by atoms with Crippen molar-refractivity contribution in [1.82, 2.24) is 4.90 Å². The highest BCUT2D eigenvalue weighted by Gasteiger charge is 2.56. The maximum Gasteiger partial charge on any atom is 0.410 e. The molecule has 16 heavy (non-hydrogen) atoms. The van der Waals surface area contributed by atoms with Gasteiger partial charge in [0.1, 0.15) is 6.04 Å². The van der Waals surface area contributed by atoms with E-state index in [0.717, 1.165) is 19.3 Å². The zero-order valence-electron chi connectivity index (χ0n) is 9.52. The topological polar surface area (TPSA) is 72.6 Å². The fraction of sp³-hybridized carbons (Fsp3) is 0.818. The number of nitrogens with zero attached hydrogens (tertiary/aromatic N) is 1. The molecule has 5 heteroatoms. The lowest BCUT2D eigenvalue weighted by atomic mass is 10.1. The second-order valence-corrected chi connectivity index (χ2v) is 4.59. The summed E-state index contributed by atoms with van der Waals surface area (Å²) in [5, 5.41) is 0. The molecule has 2 N–H and O–H groups in total. The van der Waals surface area contributed by atoms with Crippen molar-refractivity contribution < 1.29 is 14.3 Å². The van der Waals surface area contributed by atoms with Crippen molar-refractivity contribution in [3.05, 3.63) is 0 Å². The fourth-order valence-corrected chi connectivity index (χ4v) is 2.35. The Bertz CT molecular complexity index is 306. The summed E-state index contributed by atoms with van der Waals surface area (Å²) in [5.41, 5.74) is 5.28. The predicted octanol–water partition coefficient (Wildman–Crippen LogP) is 0.871. The molecular formula is C11H18N2O3. The van der Waals surface area contributed by atoms with Crippen LogP contribution in [0.2, 0.25) is 0 Å². The molecule has 2 amide bonds. The van der Waals surface area contributed by atoms with Crippen molar-refractivity contribution in [3.8, 4) is 0 Å². The molecule has 1 saturated heterocycles. The molecule has 2 rings (SSSR count). The summed E-state index contributed by atoms with van der Waals surface area (Å²) in [4.78, 5) is 24.5. The number of ether oxygens (including phenoxy) is 1. The molecule has 0 aromatic carbocycles. The summed E-state index contributed by atoms with van der Waals surface area (Å²) in [6.07, 6.45) is 3.17. The van der Waals surface area contributed by atoms with Gasteiger partial charge in [0.15, 0.2) is 0 Å². The Labute approximate surface area is 94.9 Å². The minimum Gasteiger partial charge on any atom is -0.449 e. The van der Waals surface area contributed by atoms with Crippen LogP contribution in [0, 0.1) is 5.92 Å². The predicted molar refractivity (Wildman–Crippen MR) is 57.6 cm³/mol. The molecule has 1 aliphatic heterocycles. The molecule has 1 heterocycles. The lowest BCUT2D eigenvalue weighted by Crippen LogP contribution is -2.46. The lowest BCUT2D eigenvalue weighted by Gasteiger charge is -2.24. The molecule has 0 aromatic rings. The summed E-state index contributed by atoms with van der Waals surface area (Å²) in [5.74, 6) is 0.0517. The molecule has 90 valence electrons. The SMILES string of the molecule is CCCCOC(=O)N1C(C(N)=O)CC2CC21. The monoisotopic (exact) mass is 226 g/mol. The Morgan fingerprint density at radius 3 is 2.81 bits per heavy atom. The highest BCUT2D eigenvalue weighted by Crippen LogP contribution is 2.47. The van der Waals surface area contributed by atoms with E-state index in [2.05, 4.69) is 0 Å². The van der Waals surface area contributed by atoms with Crippen LogP contribution in [0.3, 0.4) is 0 Å². The highest BCUT2D eigenvalue weighted by molar-refractivity contribution is 5.85. The van der Waals surface area contributed by atoms with Gasteiger partial charge in [-0.2, -0.15) is 0 Å². The average Bonchev–Trinajstić information content (AvgIpc) is 2.89. The third kappa shape index (κ3) is 1.99. The van der Waals surface area contributed by atoms with Gasteiger partial charge < -0.3 is 10.5 Å². The Hall–Kier alpha value is -1.26. The second kappa shape index (κ2) is 4.31. The number of nitrogens with two attached hydrogens (primary N) is 1. The third-order valence-corrected chi connectivity index (χ3v) is 3.37. The van der Waals surface area contributed by atoms with E-state index in [1.165, 1.54) is 0 Å². The zero-order valence-corrected chi connectivity index (χ0v) is 9.52. The molecule has 0 bridgehead atoms. The minimum atomic E-state index is -0.446. The van der Waals surface area contributed by atoms with Gasteiger partial charge in [0.05, 0.1) is 6.61 Å². The van der Waals surface area contributed by atoms with Gasteiger partial charge in [-0.15, -0.1) is 0 Å². The normalized spacial score (nSPS) is 31.1. The van der Waals surface area contributed by atoms with Crippen molar-refractivity contribution >= 4 is 12.0 Å². The fourth-order valence-electron chi connectivity index (χ4n) is 2.35. The van der Waals surface area contributed by atoms with Gasteiger partial charge in [-0.25, -0.2) is 4.79 Å². The third-order valence-electron chi connectivity index (χ3n) is 3.37.